The minimum atomic E-state index is -3.61. The van der Waals surface area contributed by atoms with Crippen molar-refractivity contribution >= 4 is 52.5 Å². The maximum Gasteiger partial charge on any atom is 0.274 e. The summed E-state index contributed by atoms with van der Waals surface area (Å²) in [7, 11) is 0.134. The van der Waals surface area contributed by atoms with Gasteiger partial charge < -0.3 is 19.5 Å². The van der Waals surface area contributed by atoms with Crippen LogP contribution in [-0.4, -0.2) is 48.7 Å². The Labute approximate surface area is 183 Å². The van der Waals surface area contributed by atoms with E-state index in [2.05, 4.69) is 15.2 Å². The monoisotopic (exact) mass is 466 g/mol. The SMILES string of the molecule is CN(C)c1ccc(P(=O)(CC(=O)N=Nc2c(O)[nH]c3ccc(F)cc23)OCCCl)cc1. The fourth-order valence-electron chi connectivity index (χ4n) is 2.92. The first kappa shape index (κ1) is 22.9. The molecule has 0 bridgehead atoms. The number of aromatic nitrogens is 1. The molecule has 1 heterocycles. The van der Waals surface area contributed by atoms with E-state index in [1.54, 1.807) is 24.3 Å². The average Bonchev–Trinajstić information content (AvgIpc) is 3.05. The third-order valence-corrected chi connectivity index (χ3v) is 6.98. The van der Waals surface area contributed by atoms with E-state index in [4.69, 9.17) is 16.1 Å². The molecular formula is C20H21ClFN4O4P. The molecule has 0 radical (unpaired) electrons. The van der Waals surface area contributed by atoms with Crippen LogP contribution in [0, 0.1) is 5.82 Å². The molecule has 8 nitrogen and oxygen atoms in total. The van der Waals surface area contributed by atoms with Crippen molar-refractivity contribution in [3.63, 3.8) is 0 Å². The van der Waals surface area contributed by atoms with E-state index >= 15 is 0 Å². The van der Waals surface area contributed by atoms with E-state index in [-0.39, 0.29) is 29.4 Å². The molecule has 31 heavy (non-hydrogen) atoms. The Balaban J connectivity index is 1.85. The molecule has 2 N–H and O–H groups in total. The second-order valence-electron chi connectivity index (χ2n) is 6.87. The average molecular weight is 467 g/mol. The Kier molecular flexibility index (Phi) is 7.10. The zero-order chi connectivity index (χ0) is 22.6. The van der Waals surface area contributed by atoms with Crippen LogP contribution in [0.1, 0.15) is 0 Å². The predicted molar refractivity (Wildman–Crippen MR) is 119 cm³/mol. The first-order valence-electron chi connectivity index (χ1n) is 9.26. The molecule has 164 valence electrons. The Bertz CT molecular complexity index is 1160. The van der Waals surface area contributed by atoms with Crippen LogP contribution in [0.15, 0.2) is 52.7 Å². The second-order valence-corrected chi connectivity index (χ2v) is 9.69. The van der Waals surface area contributed by atoms with Gasteiger partial charge in [0.2, 0.25) is 13.2 Å². The zero-order valence-electron chi connectivity index (χ0n) is 16.9. The number of alkyl halides is 1. The van der Waals surface area contributed by atoms with Gasteiger partial charge in [-0.1, -0.05) is 0 Å². The van der Waals surface area contributed by atoms with E-state index in [1.165, 1.54) is 12.1 Å². The fourth-order valence-corrected chi connectivity index (χ4v) is 4.94. The van der Waals surface area contributed by atoms with Crippen molar-refractivity contribution in [3.05, 3.63) is 48.3 Å². The largest absolute Gasteiger partial charge is 0.493 e. The highest BCUT2D eigenvalue weighted by Gasteiger charge is 2.30. The number of carbonyl (C=O) groups excluding carboxylic acids is 1. The number of aromatic hydroxyl groups is 1. The number of nitrogens with zero attached hydrogens (tertiary/aromatic N) is 3. The zero-order valence-corrected chi connectivity index (χ0v) is 18.5. The number of fused-ring (bicyclic) bond motifs is 1. The lowest BCUT2D eigenvalue weighted by atomic mass is 10.2. The number of hydrogen-bond donors (Lipinski definition) is 2. The number of aromatic amines is 1. The summed E-state index contributed by atoms with van der Waals surface area (Å²) in [5.41, 5.74) is 1.23. The summed E-state index contributed by atoms with van der Waals surface area (Å²) < 4.78 is 32.4. The molecule has 0 spiro atoms. The summed E-state index contributed by atoms with van der Waals surface area (Å²) in [4.78, 5) is 17.0. The van der Waals surface area contributed by atoms with Crippen molar-refractivity contribution < 1.29 is 23.4 Å². The topological polar surface area (TPSA) is 107 Å². The van der Waals surface area contributed by atoms with Crippen LogP contribution in [0.5, 0.6) is 5.88 Å². The van der Waals surface area contributed by atoms with Crippen molar-refractivity contribution in [3.8, 4) is 5.88 Å². The van der Waals surface area contributed by atoms with Gasteiger partial charge in [0, 0.05) is 36.4 Å². The van der Waals surface area contributed by atoms with E-state index in [9.17, 15) is 18.9 Å². The number of halogens is 2. The third kappa shape index (κ3) is 5.31. The first-order chi connectivity index (χ1) is 14.7. The number of anilines is 1. The van der Waals surface area contributed by atoms with Crippen LogP contribution in [0.2, 0.25) is 0 Å². The summed E-state index contributed by atoms with van der Waals surface area (Å²) in [6, 6.07) is 10.6. The second kappa shape index (κ2) is 9.60. The summed E-state index contributed by atoms with van der Waals surface area (Å²) in [6.45, 7) is -0.0127. The summed E-state index contributed by atoms with van der Waals surface area (Å²) in [5, 5.41) is 17.9. The van der Waals surface area contributed by atoms with Crippen LogP contribution < -0.4 is 10.2 Å². The van der Waals surface area contributed by atoms with Gasteiger partial charge in [-0.15, -0.1) is 21.8 Å². The molecule has 1 aromatic heterocycles. The number of benzene rings is 2. The molecule has 1 atom stereocenters. The van der Waals surface area contributed by atoms with Crippen molar-refractivity contribution in [1.82, 2.24) is 4.98 Å². The van der Waals surface area contributed by atoms with Crippen molar-refractivity contribution in [1.29, 1.82) is 0 Å². The molecule has 0 aliphatic rings. The van der Waals surface area contributed by atoms with Gasteiger partial charge in [-0.05, 0) is 42.5 Å². The fraction of sp³-hybridized carbons (Fsp3) is 0.250. The number of azo groups is 1. The van der Waals surface area contributed by atoms with Crippen LogP contribution in [-0.2, 0) is 13.9 Å². The molecule has 1 unspecified atom stereocenters. The highest BCUT2D eigenvalue weighted by molar-refractivity contribution is 7.67. The van der Waals surface area contributed by atoms with Crippen molar-refractivity contribution in [2.24, 2.45) is 10.2 Å². The Hall–Kier alpha value is -2.74. The van der Waals surface area contributed by atoms with E-state index < -0.39 is 25.3 Å². The summed E-state index contributed by atoms with van der Waals surface area (Å²) >= 11 is 5.67. The first-order valence-corrected chi connectivity index (χ1v) is 11.6. The van der Waals surface area contributed by atoms with Crippen molar-refractivity contribution in [2.75, 3.05) is 37.6 Å². The minimum Gasteiger partial charge on any atom is -0.493 e. The van der Waals surface area contributed by atoms with E-state index in [1.807, 2.05) is 19.0 Å². The van der Waals surface area contributed by atoms with Gasteiger partial charge in [0.15, 0.2) is 5.69 Å². The van der Waals surface area contributed by atoms with Gasteiger partial charge in [-0.2, -0.15) is 0 Å². The standard InChI is InChI=1S/C20H21ClFN4O4P/c1-26(2)14-4-6-15(7-5-14)31(29,30-10-9-21)12-18(27)24-25-19-16-11-13(22)3-8-17(16)23-20(19)28/h3-8,11,23,28H,9-10,12H2,1-2H3. The Morgan fingerprint density at radius 1 is 1.26 bits per heavy atom. The number of H-pyrrole nitrogens is 1. The third-order valence-electron chi connectivity index (χ3n) is 4.46. The lowest BCUT2D eigenvalue weighted by molar-refractivity contribution is -0.116. The molecule has 1 amide bonds. The lowest BCUT2D eigenvalue weighted by Gasteiger charge is -2.18. The minimum absolute atomic E-state index is 0.0127. The molecule has 0 saturated heterocycles. The van der Waals surface area contributed by atoms with Crippen LogP contribution >= 0.6 is 19.0 Å². The van der Waals surface area contributed by atoms with Crippen LogP contribution in [0.4, 0.5) is 15.8 Å². The van der Waals surface area contributed by atoms with Gasteiger partial charge in [0.05, 0.1) is 12.1 Å². The molecule has 0 aliphatic heterocycles. The normalized spacial score (nSPS) is 13.5. The number of rotatable bonds is 8. The molecule has 3 rings (SSSR count). The molecular weight excluding hydrogens is 446 g/mol. The maximum absolute atomic E-state index is 13.5. The van der Waals surface area contributed by atoms with Gasteiger partial charge in [0.1, 0.15) is 12.0 Å². The van der Waals surface area contributed by atoms with Crippen LogP contribution in [0.25, 0.3) is 10.9 Å². The summed E-state index contributed by atoms with van der Waals surface area (Å²) in [5.74, 6) is -1.61. The smallest absolute Gasteiger partial charge is 0.274 e. The maximum atomic E-state index is 13.5. The quantitative estimate of drug-likeness (QED) is 0.288. The van der Waals surface area contributed by atoms with Gasteiger partial charge in [-0.3, -0.25) is 9.36 Å². The van der Waals surface area contributed by atoms with Gasteiger partial charge in [0.25, 0.3) is 5.91 Å². The number of amides is 1. The van der Waals surface area contributed by atoms with E-state index in [0.717, 1.165) is 11.8 Å². The molecule has 3 aromatic rings. The Morgan fingerprint density at radius 3 is 2.61 bits per heavy atom. The number of carbonyl (C=O) groups is 1. The predicted octanol–water partition coefficient (Wildman–Crippen LogP) is 4.55. The van der Waals surface area contributed by atoms with Crippen molar-refractivity contribution in [2.45, 2.75) is 0 Å². The molecule has 11 heteroatoms. The van der Waals surface area contributed by atoms with Gasteiger partial charge in [-0.25, -0.2) is 4.39 Å². The van der Waals surface area contributed by atoms with Crippen LogP contribution in [0.3, 0.4) is 0 Å². The molecule has 0 saturated carbocycles. The van der Waals surface area contributed by atoms with Gasteiger partial charge >= 0.3 is 0 Å². The molecule has 0 aliphatic carbocycles. The highest BCUT2D eigenvalue weighted by atomic mass is 35.5. The Morgan fingerprint density at radius 2 is 1.97 bits per heavy atom. The van der Waals surface area contributed by atoms with E-state index in [0.29, 0.717) is 10.8 Å². The summed E-state index contributed by atoms with van der Waals surface area (Å²) in [6.07, 6.45) is -0.536. The number of nitrogens with one attached hydrogen (secondary N) is 1. The lowest BCUT2D eigenvalue weighted by Crippen LogP contribution is -2.17. The molecule has 2 aromatic carbocycles. The number of hydrogen-bond acceptors (Lipinski definition) is 6. The highest BCUT2D eigenvalue weighted by Crippen LogP contribution is 2.46. The molecule has 0 fully saturated rings.